The second kappa shape index (κ2) is 9.72. The molecule has 1 aliphatic carbocycles. The summed E-state index contributed by atoms with van der Waals surface area (Å²) in [5.41, 5.74) is -0.436. The Morgan fingerprint density at radius 2 is 1.78 bits per heavy atom. The highest BCUT2D eigenvalue weighted by molar-refractivity contribution is 5.87. The topological polar surface area (TPSA) is 188 Å². The van der Waals surface area contributed by atoms with E-state index < -0.39 is 79.2 Å². The SMILES string of the molecule is O=C(C=Cc1ccc(O)cc1)OC[C@]12O[C@H]1[C@@H](O)[C@@H]1C=CO[C@@H](O[C@H]3O[C@H](CO)[C@@H](O)[C@H](O)[C@H]3O)[C@H]12. The fourth-order valence-corrected chi connectivity index (χ4v) is 5.14. The Bertz CT molecular complexity index is 1010. The highest BCUT2D eigenvalue weighted by Gasteiger charge is 2.76. The number of fused-ring (bicyclic) bond motifs is 3. The third-order valence-electron chi connectivity index (χ3n) is 7.12. The van der Waals surface area contributed by atoms with Gasteiger partial charge in [-0.3, -0.25) is 0 Å². The predicted octanol–water partition coefficient (Wildman–Crippen LogP) is -1.62. The van der Waals surface area contributed by atoms with Crippen LogP contribution in [0.5, 0.6) is 5.75 Å². The average molecular weight is 508 g/mol. The van der Waals surface area contributed by atoms with Gasteiger partial charge in [0, 0.05) is 12.0 Å². The molecule has 0 unspecified atom stereocenters. The quantitative estimate of drug-likeness (QED) is 0.141. The van der Waals surface area contributed by atoms with Crippen molar-refractivity contribution in [2.24, 2.45) is 11.8 Å². The van der Waals surface area contributed by atoms with E-state index >= 15 is 0 Å². The zero-order valence-corrected chi connectivity index (χ0v) is 18.9. The van der Waals surface area contributed by atoms with Crippen LogP contribution in [0.1, 0.15) is 5.56 Å². The monoisotopic (exact) mass is 508 g/mol. The van der Waals surface area contributed by atoms with Crippen LogP contribution in [0.4, 0.5) is 0 Å². The zero-order valence-electron chi connectivity index (χ0n) is 18.9. The van der Waals surface area contributed by atoms with Gasteiger partial charge in [-0.15, -0.1) is 0 Å². The maximum Gasteiger partial charge on any atom is 0.330 e. The molecule has 36 heavy (non-hydrogen) atoms. The van der Waals surface area contributed by atoms with Gasteiger partial charge >= 0.3 is 5.97 Å². The van der Waals surface area contributed by atoms with Gasteiger partial charge < -0.3 is 54.3 Å². The van der Waals surface area contributed by atoms with Crippen LogP contribution in [0.25, 0.3) is 6.08 Å². The molecule has 1 aromatic carbocycles. The lowest BCUT2D eigenvalue weighted by molar-refractivity contribution is -0.344. The molecule has 0 amide bonds. The molecule has 196 valence electrons. The first-order valence-electron chi connectivity index (χ1n) is 11.5. The van der Waals surface area contributed by atoms with Crippen LogP contribution >= 0.6 is 0 Å². The van der Waals surface area contributed by atoms with Crippen LogP contribution < -0.4 is 0 Å². The van der Waals surface area contributed by atoms with Crippen molar-refractivity contribution in [1.82, 2.24) is 0 Å². The Balaban J connectivity index is 1.27. The third-order valence-corrected chi connectivity index (χ3v) is 7.12. The van der Waals surface area contributed by atoms with Crippen LogP contribution in [0.3, 0.4) is 0 Å². The van der Waals surface area contributed by atoms with Gasteiger partial charge in [0.15, 0.2) is 6.29 Å². The van der Waals surface area contributed by atoms with E-state index in [1.807, 2.05) is 0 Å². The van der Waals surface area contributed by atoms with Gasteiger partial charge in [-0.1, -0.05) is 12.1 Å². The molecular weight excluding hydrogens is 480 g/mol. The molecule has 0 spiro atoms. The molecule has 11 atom stereocenters. The van der Waals surface area contributed by atoms with Gasteiger partial charge in [0.1, 0.15) is 48.5 Å². The maximum absolute atomic E-state index is 12.3. The summed E-state index contributed by atoms with van der Waals surface area (Å²) < 4.78 is 28.0. The molecule has 0 radical (unpaired) electrons. The Morgan fingerprint density at radius 3 is 2.50 bits per heavy atom. The van der Waals surface area contributed by atoms with Crippen molar-refractivity contribution in [3.63, 3.8) is 0 Å². The van der Waals surface area contributed by atoms with Crippen LogP contribution in [-0.4, -0.2) is 105 Å². The van der Waals surface area contributed by atoms with E-state index in [2.05, 4.69) is 0 Å². The zero-order chi connectivity index (χ0) is 25.6. The van der Waals surface area contributed by atoms with E-state index in [0.717, 1.165) is 0 Å². The van der Waals surface area contributed by atoms with E-state index in [9.17, 15) is 35.4 Å². The molecule has 3 aliphatic heterocycles. The van der Waals surface area contributed by atoms with Crippen molar-refractivity contribution in [3.8, 4) is 5.75 Å². The molecule has 1 saturated carbocycles. The number of aromatic hydroxyl groups is 1. The van der Waals surface area contributed by atoms with E-state index in [1.165, 1.54) is 30.5 Å². The number of aliphatic hydroxyl groups excluding tert-OH is 5. The van der Waals surface area contributed by atoms with E-state index in [1.54, 1.807) is 18.2 Å². The highest BCUT2D eigenvalue weighted by Crippen LogP contribution is 2.60. The van der Waals surface area contributed by atoms with Gasteiger partial charge in [0.05, 0.1) is 24.9 Å². The minimum atomic E-state index is -1.64. The molecule has 5 rings (SSSR count). The Morgan fingerprint density at radius 1 is 1.03 bits per heavy atom. The van der Waals surface area contributed by atoms with Crippen molar-refractivity contribution < 1.29 is 59.1 Å². The average Bonchev–Trinajstić information content (AvgIpc) is 3.56. The molecule has 2 saturated heterocycles. The molecule has 0 aromatic heterocycles. The summed E-state index contributed by atoms with van der Waals surface area (Å²) in [7, 11) is 0. The fraction of sp³-hybridized carbons (Fsp3) is 0.542. The second-order valence-corrected chi connectivity index (χ2v) is 9.29. The molecule has 0 bridgehead atoms. The molecule has 1 aromatic rings. The van der Waals surface area contributed by atoms with Crippen molar-refractivity contribution in [1.29, 1.82) is 0 Å². The number of ether oxygens (including phenoxy) is 5. The summed E-state index contributed by atoms with van der Waals surface area (Å²) >= 11 is 0. The minimum Gasteiger partial charge on any atom is -0.508 e. The molecule has 3 heterocycles. The maximum atomic E-state index is 12.3. The summed E-state index contributed by atoms with van der Waals surface area (Å²) in [6, 6.07) is 6.22. The van der Waals surface area contributed by atoms with Crippen LogP contribution in [0.15, 0.2) is 42.7 Å². The number of esters is 1. The minimum absolute atomic E-state index is 0.101. The summed E-state index contributed by atoms with van der Waals surface area (Å²) in [6.45, 7) is -0.829. The van der Waals surface area contributed by atoms with E-state index in [4.69, 9.17) is 23.7 Å². The predicted molar refractivity (Wildman–Crippen MR) is 118 cm³/mol. The molecule has 3 fully saturated rings. The number of phenolic OH excluding ortho intramolecular Hbond substituents is 1. The van der Waals surface area contributed by atoms with Crippen molar-refractivity contribution >= 4 is 12.0 Å². The smallest absolute Gasteiger partial charge is 0.330 e. The lowest BCUT2D eigenvalue weighted by Gasteiger charge is -2.43. The standard InChI is InChI=1S/C24H28O12/c25-9-14-18(29)19(30)20(31)23(34-14)35-22-16-13(7-8-32-22)17(28)21-24(16,36-21)10-33-15(27)6-3-11-1-4-12(26)5-2-11/h1-8,13-14,16-23,25-26,28-31H,9-10H2/t13-,14-,16+,17+,18-,19+,20-,21+,22+,23-,24-/m1/s1. The molecule has 6 N–H and O–H groups in total. The second-order valence-electron chi connectivity index (χ2n) is 9.29. The van der Waals surface area contributed by atoms with E-state index in [-0.39, 0.29) is 12.4 Å². The number of rotatable bonds is 7. The number of hydrogen-bond acceptors (Lipinski definition) is 12. The van der Waals surface area contributed by atoms with Crippen LogP contribution in [0.2, 0.25) is 0 Å². The largest absolute Gasteiger partial charge is 0.508 e. The summed E-state index contributed by atoms with van der Waals surface area (Å²) in [6.07, 6.45) is -4.42. The summed E-state index contributed by atoms with van der Waals surface area (Å²) in [5, 5.41) is 59.9. The van der Waals surface area contributed by atoms with Gasteiger partial charge in [0.2, 0.25) is 6.29 Å². The van der Waals surface area contributed by atoms with Gasteiger partial charge in [0.25, 0.3) is 0 Å². The Hall–Kier alpha value is -2.55. The lowest BCUT2D eigenvalue weighted by Crippen LogP contribution is -2.60. The number of carbonyl (C=O) groups is 1. The van der Waals surface area contributed by atoms with Gasteiger partial charge in [-0.05, 0) is 29.8 Å². The Labute approximate surface area is 205 Å². The first kappa shape index (κ1) is 25.1. The lowest BCUT2D eigenvalue weighted by atomic mass is 9.85. The molecule has 12 heteroatoms. The number of carbonyl (C=O) groups excluding carboxylic acids is 1. The first-order valence-corrected chi connectivity index (χ1v) is 11.5. The van der Waals surface area contributed by atoms with Gasteiger partial charge in [-0.2, -0.15) is 0 Å². The van der Waals surface area contributed by atoms with Crippen molar-refractivity contribution in [2.45, 2.75) is 54.8 Å². The highest BCUT2D eigenvalue weighted by atomic mass is 16.8. The van der Waals surface area contributed by atoms with Crippen LogP contribution in [0, 0.1) is 11.8 Å². The summed E-state index contributed by atoms with van der Waals surface area (Å²) in [4.78, 5) is 12.3. The van der Waals surface area contributed by atoms with Crippen molar-refractivity contribution in [3.05, 3.63) is 48.2 Å². The molecular formula is C24H28O12. The number of benzene rings is 1. The number of aliphatic hydroxyl groups is 5. The third kappa shape index (κ3) is 4.40. The Kier molecular flexibility index (Phi) is 6.78. The normalized spacial score (nSPS) is 43.0. The van der Waals surface area contributed by atoms with Crippen molar-refractivity contribution in [2.75, 3.05) is 13.2 Å². The van der Waals surface area contributed by atoms with Crippen LogP contribution in [-0.2, 0) is 28.5 Å². The molecule has 12 nitrogen and oxygen atoms in total. The fourth-order valence-electron chi connectivity index (χ4n) is 5.14. The van der Waals surface area contributed by atoms with Gasteiger partial charge in [-0.25, -0.2) is 4.79 Å². The first-order chi connectivity index (χ1) is 17.2. The number of hydrogen-bond donors (Lipinski definition) is 6. The number of epoxide rings is 1. The summed E-state index contributed by atoms with van der Waals surface area (Å²) in [5.74, 6) is -1.69. The van der Waals surface area contributed by atoms with E-state index in [0.29, 0.717) is 5.56 Å². The molecule has 4 aliphatic rings. The number of phenols is 1.